The lowest BCUT2D eigenvalue weighted by molar-refractivity contribution is -0.870. The summed E-state index contributed by atoms with van der Waals surface area (Å²) in [6, 6.07) is 0. The third-order valence-corrected chi connectivity index (χ3v) is 10.3. The first-order valence-corrected chi connectivity index (χ1v) is 25.1. The van der Waals surface area contributed by atoms with E-state index in [2.05, 4.69) is 123 Å². The SMILES string of the molecule is CC/C=C\C/C=C\C/C=C\C/C=C\C/C=C\C/C=C\CCCCCCCOCC(COP(=O)(O)OCC[N+](C)(C)C)OC(=O)CCCCCCC/C=C\C/C=C\C/C=C\CC. The van der Waals surface area contributed by atoms with Crippen LogP contribution in [0.2, 0.25) is 0 Å². The predicted molar refractivity (Wildman–Crippen MR) is 261 cm³/mol. The van der Waals surface area contributed by atoms with Crippen molar-refractivity contribution >= 4 is 13.8 Å². The van der Waals surface area contributed by atoms with Gasteiger partial charge in [-0.3, -0.25) is 13.8 Å². The van der Waals surface area contributed by atoms with Gasteiger partial charge in [-0.25, -0.2) is 4.57 Å². The van der Waals surface area contributed by atoms with Gasteiger partial charge in [-0.15, -0.1) is 0 Å². The molecule has 0 spiro atoms. The van der Waals surface area contributed by atoms with Gasteiger partial charge in [0.2, 0.25) is 0 Å². The highest BCUT2D eigenvalue weighted by molar-refractivity contribution is 7.47. The van der Waals surface area contributed by atoms with Gasteiger partial charge < -0.3 is 18.9 Å². The van der Waals surface area contributed by atoms with Gasteiger partial charge in [-0.2, -0.15) is 0 Å². The maximum absolute atomic E-state index is 12.7. The van der Waals surface area contributed by atoms with Crippen LogP contribution in [-0.4, -0.2) is 75.6 Å². The fourth-order valence-electron chi connectivity index (χ4n) is 5.75. The van der Waals surface area contributed by atoms with E-state index in [-0.39, 0.29) is 25.8 Å². The highest BCUT2D eigenvalue weighted by Crippen LogP contribution is 2.43. The van der Waals surface area contributed by atoms with Crippen LogP contribution in [0.5, 0.6) is 0 Å². The monoisotopic (exact) mass is 871 g/mol. The number of hydrogen-bond donors (Lipinski definition) is 1. The molecule has 0 aliphatic rings. The molecule has 0 aromatic rings. The molecule has 2 unspecified atom stereocenters. The summed E-state index contributed by atoms with van der Waals surface area (Å²) < 4.78 is 35.0. The molecule has 348 valence electrons. The minimum absolute atomic E-state index is 0.0739. The van der Waals surface area contributed by atoms with E-state index in [1.54, 1.807) is 0 Å². The molecule has 0 amide bonds. The number of carbonyl (C=O) groups excluding carboxylic acids is 1. The fourth-order valence-corrected chi connectivity index (χ4v) is 6.49. The largest absolute Gasteiger partial charge is 0.472 e. The Labute approximate surface area is 374 Å². The quantitative estimate of drug-likeness (QED) is 0.0215. The highest BCUT2D eigenvalue weighted by Gasteiger charge is 2.26. The van der Waals surface area contributed by atoms with Gasteiger partial charge in [0.1, 0.15) is 19.3 Å². The summed E-state index contributed by atoms with van der Waals surface area (Å²) in [5, 5.41) is 0. The Balaban J connectivity index is 4.27. The fraction of sp³-hybridized carbons (Fsp3) is 0.635. The Hall–Kier alpha value is -2.84. The van der Waals surface area contributed by atoms with Crippen molar-refractivity contribution in [2.45, 2.75) is 161 Å². The number of carbonyl (C=O) groups is 1. The van der Waals surface area contributed by atoms with Crippen LogP contribution in [0, 0.1) is 0 Å². The average Bonchev–Trinajstić information content (AvgIpc) is 3.22. The van der Waals surface area contributed by atoms with Crippen molar-refractivity contribution in [3.63, 3.8) is 0 Å². The number of nitrogens with zero attached hydrogens (tertiary/aromatic N) is 1. The molecule has 0 bridgehead atoms. The summed E-state index contributed by atoms with van der Waals surface area (Å²) in [6.07, 6.45) is 61.3. The van der Waals surface area contributed by atoms with Crippen LogP contribution in [0.25, 0.3) is 0 Å². The first-order valence-electron chi connectivity index (χ1n) is 23.6. The summed E-state index contributed by atoms with van der Waals surface area (Å²) in [7, 11) is 1.62. The maximum Gasteiger partial charge on any atom is 0.472 e. The molecule has 0 fully saturated rings. The zero-order chi connectivity index (χ0) is 44.8. The Kier molecular flexibility index (Phi) is 41.8. The number of phosphoric acid groups is 1. The smallest absolute Gasteiger partial charge is 0.457 e. The van der Waals surface area contributed by atoms with Crippen LogP contribution >= 0.6 is 7.82 Å². The van der Waals surface area contributed by atoms with E-state index in [4.69, 9.17) is 18.5 Å². The molecule has 2 atom stereocenters. The van der Waals surface area contributed by atoms with Gasteiger partial charge in [0.25, 0.3) is 0 Å². The molecule has 0 rings (SSSR count). The number of allylic oxidation sites excluding steroid dienone is 18. The Bertz CT molecular complexity index is 1340. The third kappa shape index (κ3) is 48.1. The van der Waals surface area contributed by atoms with E-state index < -0.39 is 13.9 Å². The minimum Gasteiger partial charge on any atom is -0.457 e. The molecule has 1 N–H and O–H groups in total. The van der Waals surface area contributed by atoms with Crippen molar-refractivity contribution < 1.29 is 37.3 Å². The Morgan fingerprint density at radius 2 is 0.902 bits per heavy atom. The number of hydrogen-bond acceptors (Lipinski definition) is 6. The first-order chi connectivity index (χ1) is 29.6. The van der Waals surface area contributed by atoms with Crippen LogP contribution in [0.15, 0.2) is 109 Å². The Morgan fingerprint density at radius 1 is 0.508 bits per heavy atom. The van der Waals surface area contributed by atoms with E-state index in [1.165, 1.54) is 12.8 Å². The van der Waals surface area contributed by atoms with Crippen LogP contribution in [0.3, 0.4) is 0 Å². The van der Waals surface area contributed by atoms with E-state index in [0.29, 0.717) is 24.1 Å². The van der Waals surface area contributed by atoms with Crippen molar-refractivity contribution in [3.05, 3.63) is 109 Å². The standard InChI is InChI=1S/C52H88NO7P/c1-6-8-10-12-14-16-18-20-22-23-24-25-26-27-28-29-30-32-34-36-38-40-42-44-47-57-49-51(50-59-61(55,56)58-48-46-53(3,4)5)60-52(54)45-43-41-39-37-35-33-31-21-19-17-15-13-11-9-7-2/h8-11,14-17,20-22,24-25,27-28,30-32,51H,6-7,12-13,18-19,23,26,29,33-50H2,1-5H3/p+1/b10-8-,11-9-,16-14-,17-15-,22-20-,25-24-,28-27-,31-21-,32-30-. The van der Waals surface area contributed by atoms with E-state index >= 15 is 0 Å². The van der Waals surface area contributed by atoms with Crippen LogP contribution in [0.4, 0.5) is 0 Å². The molecule has 0 saturated heterocycles. The van der Waals surface area contributed by atoms with Crippen molar-refractivity contribution in [2.24, 2.45) is 0 Å². The van der Waals surface area contributed by atoms with Gasteiger partial charge in [-0.1, -0.05) is 162 Å². The molecule has 8 nitrogen and oxygen atoms in total. The highest BCUT2D eigenvalue weighted by atomic mass is 31.2. The molecule has 0 radical (unpaired) electrons. The number of unbranched alkanes of at least 4 members (excludes halogenated alkanes) is 10. The molecule has 0 aromatic heterocycles. The molecule has 0 aliphatic heterocycles. The number of esters is 1. The third-order valence-electron chi connectivity index (χ3n) is 9.33. The van der Waals surface area contributed by atoms with Crippen molar-refractivity contribution in [1.82, 2.24) is 0 Å². The number of rotatable bonds is 42. The van der Waals surface area contributed by atoms with E-state index in [1.807, 2.05) is 21.1 Å². The molecular formula is C52H89NO7P+. The van der Waals surface area contributed by atoms with Crippen LogP contribution in [0.1, 0.15) is 155 Å². The summed E-state index contributed by atoms with van der Waals surface area (Å²) in [6.45, 7) is 5.29. The van der Waals surface area contributed by atoms with E-state index in [9.17, 15) is 14.3 Å². The zero-order valence-corrected chi connectivity index (χ0v) is 40.2. The lowest BCUT2D eigenvalue weighted by atomic mass is 10.1. The maximum atomic E-state index is 12.7. The summed E-state index contributed by atoms with van der Waals surface area (Å²) in [5.74, 6) is -0.344. The first kappa shape index (κ1) is 58.2. The molecule has 0 aliphatic carbocycles. The number of quaternary nitrogens is 1. The zero-order valence-electron chi connectivity index (χ0n) is 39.4. The second kappa shape index (κ2) is 43.8. The molecule has 0 heterocycles. The van der Waals surface area contributed by atoms with E-state index in [0.717, 1.165) is 122 Å². The molecular weight excluding hydrogens is 782 g/mol. The topological polar surface area (TPSA) is 91.3 Å². The van der Waals surface area contributed by atoms with Gasteiger partial charge >= 0.3 is 13.8 Å². The Morgan fingerprint density at radius 3 is 1.34 bits per heavy atom. The van der Waals surface area contributed by atoms with Crippen molar-refractivity contribution in [2.75, 3.05) is 54.1 Å². The van der Waals surface area contributed by atoms with Gasteiger partial charge in [-0.05, 0) is 96.3 Å². The summed E-state index contributed by atoms with van der Waals surface area (Å²) in [5.41, 5.74) is 0. The summed E-state index contributed by atoms with van der Waals surface area (Å²) >= 11 is 0. The normalized spacial score (nSPS) is 14.7. The lowest BCUT2D eigenvalue weighted by Crippen LogP contribution is -2.37. The van der Waals surface area contributed by atoms with Crippen molar-refractivity contribution in [3.8, 4) is 0 Å². The van der Waals surface area contributed by atoms with Crippen molar-refractivity contribution in [1.29, 1.82) is 0 Å². The predicted octanol–water partition coefficient (Wildman–Crippen LogP) is 14.4. The van der Waals surface area contributed by atoms with Gasteiger partial charge in [0.15, 0.2) is 0 Å². The van der Waals surface area contributed by atoms with Crippen LogP contribution < -0.4 is 0 Å². The van der Waals surface area contributed by atoms with Gasteiger partial charge in [0.05, 0.1) is 34.4 Å². The molecule has 0 saturated carbocycles. The molecule has 0 aromatic carbocycles. The second-order valence-electron chi connectivity index (χ2n) is 16.4. The number of phosphoric ester groups is 1. The molecule has 9 heteroatoms. The average molecular weight is 871 g/mol. The number of ether oxygens (including phenoxy) is 2. The number of likely N-dealkylation sites (N-methyl/N-ethyl adjacent to an activating group) is 1. The second-order valence-corrected chi connectivity index (χ2v) is 17.8. The van der Waals surface area contributed by atoms with Crippen LogP contribution in [-0.2, 0) is 27.9 Å². The van der Waals surface area contributed by atoms with Gasteiger partial charge in [0, 0.05) is 13.0 Å². The minimum atomic E-state index is -4.30. The molecule has 61 heavy (non-hydrogen) atoms. The summed E-state index contributed by atoms with van der Waals surface area (Å²) in [4.78, 5) is 22.9. The lowest BCUT2D eigenvalue weighted by Gasteiger charge is -2.24.